The predicted octanol–water partition coefficient (Wildman–Crippen LogP) is 1.50. The molecule has 0 fully saturated rings. The normalized spacial score (nSPS) is 10.5. The third-order valence-corrected chi connectivity index (χ3v) is 2.79. The van der Waals surface area contributed by atoms with E-state index in [2.05, 4.69) is 20.2 Å². The Bertz CT molecular complexity index is 563. The van der Waals surface area contributed by atoms with Crippen LogP contribution in [0.2, 0.25) is 0 Å². The molecule has 0 unspecified atom stereocenters. The van der Waals surface area contributed by atoms with E-state index >= 15 is 0 Å². The molecule has 6 heteroatoms. The van der Waals surface area contributed by atoms with Gasteiger partial charge in [-0.15, -0.1) is 0 Å². The Hall–Kier alpha value is -2.21. The van der Waals surface area contributed by atoms with E-state index in [1.165, 1.54) is 7.11 Å². The number of hydrogen-bond donors (Lipinski definition) is 1. The first kappa shape index (κ1) is 14.2. The fraction of sp³-hybridized carbons (Fsp3) is 0.357. The van der Waals surface area contributed by atoms with E-state index < -0.39 is 0 Å². The first-order chi connectivity index (χ1) is 9.69. The molecule has 1 heterocycles. The van der Waals surface area contributed by atoms with Gasteiger partial charge in [0.05, 0.1) is 12.7 Å². The molecule has 0 spiro atoms. The molecular formula is C14H17N3O3. The first-order valence-corrected chi connectivity index (χ1v) is 6.36. The number of rotatable bonds is 6. The Morgan fingerprint density at radius 1 is 1.35 bits per heavy atom. The lowest BCUT2D eigenvalue weighted by molar-refractivity contribution is 0.0600. The maximum atomic E-state index is 11.3. The summed E-state index contributed by atoms with van der Waals surface area (Å²) in [6, 6.07) is 7.31. The van der Waals surface area contributed by atoms with Gasteiger partial charge < -0.3 is 14.6 Å². The molecule has 1 N–H and O–H groups in total. The highest BCUT2D eigenvalue weighted by Gasteiger charge is 2.04. The molecule has 0 aliphatic carbocycles. The van der Waals surface area contributed by atoms with Crippen LogP contribution in [0.5, 0.6) is 0 Å². The van der Waals surface area contributed by atoms with E-state index in [4.69, 9.17) is 4.52 Å². The summed E-state index contributed by atoms with van der Waals surface area (Å²) in [5.41, 5.74) is 1.65. The number of ether oxygens (including phenoxy) is 1. The molecule has 0 amide bonds. The van der Waals surface area contributed by atoms with Crippen molar-refractivity contribution in [3.05, 3.63) is 47.1 Å². The molecule has 0 saturated carbocycles. The van der Waals surface area contributed by atoms with E-state index in [1.807, 2.05) is 12.1 Å². The predicted molar refractivity (Wildman–Crippen MR) is 72.2 cm³/mol. The largest absolute Gasteiger partial charge is 0.465 e. The SMILES string of the molecule is COC(=O)c1ccc(CNCCc2nc(C)no2)cc1. The maximum Gasteiger partial charge on any atom is 0.337 e. The summed E-state index contributed by atoms with van der Waals surface area (Å²) in [4.78, 5) is 15.4. The van der Waals surface area contributed by atoms with E-state index in [-0.39, 0.29) is 5.97 Å². The summed E-state index contributed by atoms with van der Waals surface area (Å²) in [5, 5.41) is 7.01. The molecule has 1 aromatic carbocycles. The van der Waals surface area contributed by atoms with Crippen molar-refractivity contribution in [1.82, 2.24) is 15.5 Å². The fourth-order valence-electron chi connectivity index (χ4n) is 1.75. The molecular weight excluding hydrogens is 258 g/mol. The molecule has 1 aromatic heterocycles. The zero-order chi connectivity index (χ0) is 14.4. The van der Waals surface area contributed by atoms with Crippen LogP contribution in [0, 0.1) is 6.92 Å². The number of aryl methyl sites for hydroxylation is 1. The minimum atomic E-state index is -0.323. The molecule has 0 aliphatic heterocycles. The lowest BCUT2D eigenvalue weighted by Gasteiger charge is -2.04. The lowest BCUT2D eigenvalue weighted by atomic mass is 10.1. The van der Waals surface area contributed by atoms with Crippen molar-refractivity contribution in [1.29, 1.82) is 0 Å². The zero-order valence-corrected chi connectivity index (χ0v) is 11.5. The minimum Gasteiger partial charge on any atom is -0.465 e. The zero-order valence-electron chi connectivity index (χ0n) is 11.5. The smallest absolute Gasteiger partial charge is 0.337 e. The van der Waals surface area contributed by atoms with E-state index in [1.54, 1.807) is 19.1 Å². The van der Waals surface area contributed by atoms with Gasteiger partial charge in [0.1, 0.15) is 0 Å². The third-order valence-electron chi connectivity index (χ3n) is 2.79. The third kappa shape index (κ3) is 3.89. The number of carbonyl (C=O) groups is 1. The van der Waals surface area contributed by atoms with Crippen LogP contribution in [-0.4, -0.2) is 29.8 Å². The number of benzene rings is 1. The second-order valence-corrected chi connectivity index (χ2v) is 4.35. The Morgan fingerprint density at radius 2 is 2.10 bits per heavy atom. The Kier molecular flexibility index (Phi) is 4.84. The molecule has 0 bridgehead atoms. The summed E-state index contributed by atoms with van der Waals surface area (Å²) < 4.78 is 9.67. The summed E-state index contributed by atoms with van der Waals surface area (Å²) in [5.74, 6) is 0.964. The number of aromatic nitrogens is 2. The van der Waals surface area contributed by atoms with Crippen molar-refractivity contribution < 1.29 is 14.1 Å². The van der Waals surface area contributed by atoms with Crippen LogP contribution in [0.15, 0.2) is 28.8 Å². The monoisotopic (exact) mass is 275 g/mol. The second-order valence-electron chi connectivity index (χ2n) is 4.35. The van der Waals surface area contributed by atoms with Gasteiger partial charge >= 0.3 is 5.97 Å². The standard InChI is InChI=1S/C14H17N3O3/c1-10-16-13(20-17-10)7-8-15-9-11-3-5-12(6-4-11)14(18)19-2/h3-6,15H,7-9H2,1-2H3. The average molecular weight is 275 g/mol. The van der Waals surface area contributed by atoms with Crippen LogP contribution in [-0.2, 0) is 17.7 Å². The van der Waals surface area contributed by atoms with Crippen LogP contribution in [0.25, 0.3) is 0 Å². The molecule has 2 aromatic rings. The number of esters is 1. The summed E-state index contributed by atoms with van der Waals surface area (Å²) in [7, 11) is 1.37. The van der Waals surface area contributed by atoms with Crippen molar-refractivity contribution in [3.8, 4) is 0 Å². The number of carbonyl (C=O) groups excluding carboxylic acids is 1. The van der Waals surface area contributed by atoms with Crippen molar-refractivity contribution in [2.45, 2.75) is 19.9 Å². The Morgan fingerprint density at radius 3 is 2.70 bits per heavy atom. The fourth-order valence-corrected chi connectivity index (χ4v) is 1.75. The quantitative estimate of drug-likeness (QED) is 0.636. The molecule has 6 nitrogen and oxygen atoms in total. The topological polar surface area (TPSA) is 77.2 Å². The van der Waals surface area contributed by atoms with Gasteiger partial charge in [-0.25, -0.2) is 4.79 Å². The van der Waals surface area contributed by atoms with E-state index in [0.29, 0.717) is 30.2 Å². The lowest BCUT2D eigenvalue weighted by Crippen LogP contribution is -2.16. The maximum absolute atomic E-state index is 11.3. The van der Waals surface area contributed by atoms with Crippen molar-refractivity contribution in [3.63, 3.8) is 0 Å². The van der Waals surface area contributed by atoms with E-state index in [0.717, 1.165) is 12.1 Å². The molecule has 0 radical (unpaired) electrons. The van der Waals surface area contributed by atoms with Gasteiger partial charge in [0.2, 0.25) is 5.89 Å². The van der Waals surface area contributed by atoms with Gasteiger partial charge in [0, 0.05) is 19.5 Å². The van der Waals surface area contributed by atoms with Crippen LogP contribution >= 0.6 is 0 Å². The van der Waals surface area contributed by atoms with Crippen molar-refractivity contribution in [2.24, 2.45) is 0 Å². The van der Waals surface area contributed by atoms with Gasteiger partial charge in [-0.3, -0.25) is 0 Å². The van der Waals surface area contributed by atoms with Gasteiger partial charge in [-0.05, 0) is 24.6 Å². The van der Waals surface area contributed by atoms with Crippen LogP contribution in [0.3, 0.4) is 0 Å². The molecule has 106 valence electrons. The van der Waals surface area contributed by atoms with Crippen LogP contribution in [0.1, 0.15) is 27.6 Å². The van der Waals surface area contributed by atoms with E-state index in [9.17, 15) is 4.79 Å². The second kappa shape index (κ2) is 6.81. The van der Waals surface area contributed by atoms with Gasteiger partial charge in [-0.2, -0.15) is 4.98 Å². The molecule has 20 heavy (non-hydrogen) atoms. The molecule has 0 aliphatic rings. The highest BCUT2D eigenvalue weighted by Crippen LogP contribution is 2.05. The molecule has 0 atom stereocenters. The average Bonchev–Trinajstić information content (AvgIpc) is 2.89. The Labute approximate surface area is 117 Å². The van der Waals surface area contributed by atoms with Crippen LogP contribution < -0.4 is 5.32 Å². The van der Waals surface area contributed by atoms with Gasteiger partial charge in [0.15, 0.2) is 5.82 Å². The first-order valence-electron chi connectivity index (χ1n) is 6.36. The number of methoxy groups -OCH3 is 1. The Balaban J connectivity index is 1.75. The number of hydrogen-bond acceptors (Lipinski definition) is 6. The number of nitrogens with one attached hydrogen (secondary N) is 1. The number of nitrogens with zero attached hydrogens (tertiary/aromatic N) is 2. The van der Waals surface area contributed by atoms with Gasteiger partial charge in [0.25, 0.3) is 0 Å². The molecule has 2 rings (SSSR count). The van der Waals surface area contributed by atoms with Crippen molar-refractivity contribution >= 4 is 5.97 Å². The van der Waals surface area contributed by atoms with Gasteiger partial charge in [-0.1, -0.05) is 17.3 Å². The molecule has 0 saturated heterocycles. The minimum absolute atomic E-state index is 0.323. The summed E-state index contributed by atoms with van der Waals surface area (Å²) in [6.45, 7) is 3.26. The van der Waals surface area contributed by atoms with Crippen LogP contribution in [0.4, 0.5) is 0 Å². The summed E-state index contributed by atoms with van der Waals surface area (Å²) >= 11 is 0. The highest BCUT2D eigenvalue weighted by molar-refractivity contribution is 5.89. The summed E-state index contributed by atoms with van der Waals surface area (Å²) in [6.07, 6.45) is 0.696. The van der Waals surface area contributed by atoms with Crippen molar-refractivity contribution in [2.75, 3.05) is 13.7 Å². The highest BCUT2D eigenvalue weighted by atomic mass is 16.5.